The van der Waals surface area contributed by atoms with E-state index in [1.807, 2.05) is 48.5 Å². The number of hydrogen-bond donors (Lipinski definition) is 1. The molecule has 3 aromatic rings. The maximum Gasteiger partial charge on any atom is 0.231 e. The minimum atomic E-state index is -0.442. The molecule has 1 aliphatic rings. The van der Waals surface area contributed by atoms with Crippen molar-refractivity contribution >= 4 is 51.8 Å². The molecule has 0 radical (unpaired) electrons. The van der Waals surface area contributed by atoms with Crippen LogP contribution in [0.25, 0.3) is 6.08 Å². The topological polar surface area (TPSA) is 84.4 Å². The van der Waals surface area contributed by atoms with Gasteiger partial charge in [-0.05, 0) is 17.7 Å². The Kier molecular flexibility index (Phi) is 7.18. The number of carbonyl (C=O) groups excluding carboxylic acids is 2. The van der Waals surface area contributed by atoms with Crippen LogP contribution in [0.5, 0.6) is 5.75 Å². The number of anilines is 2. The summed E-state index contributed by atoms with van der Waals surface area (Å²) < 4.78 is 6.00. The highest BCUT2D eigenvalue weighted by molar-refractivity contribution is 8.01. The van der Waals surface area contributed by atoms with Crippen molar-refractivity contribution in [1.29, 1.82) is 0 Å². The summed E-state index contributed by atoms with van der Waals surface area (Å²) in [6.07, 6.45) is 4.28. The molecular weight excluding hydrogens is 444 g/mol. The number of carbonyl (C=O) groups is 2. The summed E-state index contributed by atoms with van der Waals surface area (Å²) in [6.45, 7) is 0.322. The average molecular weight is 467 g/mol. The SMILES string of the molecule is COc1cccc(N2CC(C(=O)Nc3nnc(SC/C=C/c4ccccc4)s3)CC2=O)c1. The van der Waals surface area contributed by atoms with Crippen LogP contribution in [0.2, 0.25) is 0 Å². The molecule has 0 aliphatic carbocycles. The van der Waals surface area contributed by atoms with Gasteiger partial charge in [-0.1, -0.05) is 71.6 Å². The van der Waals surface area contributed by atoms with E-state index in [0.717, 1.165) is 21.3 Å². The molecule has 1 fully saturated rings. The molecule has 2 heterocycles. The van der Waals surface area contributed by atoms with Gasteiger partial charge >= 0.3 is 0 Å². The van der Waals surface area contributed by atoms with Crippen molar-refractivity contribution in [2.24, 2.45) is 5.92 Å². The van der Waals surface area contributed by atoms with Gasteiger partial charge in [-0.3, -0.25) is 9.59 Å². The lowest BCUT2D eigenvalue weighted by Gasteiger charge is -2.17. The van der Waals surface area contributed by atoms with Gasteiger partial charge in [0.2, 0.25) is 16.9 Å². The van der Waals surface area contributed by atoms with Gasteiger partial charge in [-0.2, -0.15) is 0 Å². The van der Waals surface area contributed by atoms with Crippen molar-refractivity contribution in [1.82, 2.24) is 10.2 Å². The molecule has 1 N–H and O–H groups in total. The van der Waals surface area contributed by atoms with Crippen LogP contribution < -0.4 is 15.0 Å². The van der Waals surface area contributed by atoms with Crippen LogP contribution in [0.1, 0.15) is 12.0 Å². The summed E-state index contributed by atoms with van der Waals surface area (Å²) in [7, 11) is 1.58. The quantitative estimate of drug-likeness (QED) is 0.393. The molecule has 4 rings (SSSR count). The highest BCUT2D eigenvalue weighted by atomic mass is 32.2. The predicted octanol–water partition coefficient (Wildman–Crippen LogP) is 4.34. The fourth-order valence-corrected chi connectivity index (χ4v) is 4.90. The van der Waals surface area contributed by atoms with E-state index in [0.29, 0.717) is 17.4 Å². The Bertz CT molecular complexity index is 1120. The van der Waals surface area contributed by atoms with Gasteiger partial charge < -0.3 is 15.0 Å². The summed E-state index contributed by atoms with van der Waals surface area (Å²) in [5.74, 6) is 0.671. The van der Waals surface area contributed by atoms with Crippen molar-refractivity contribution in [2.75, 3.05) is 29.6 Å². The molecule has 1 unspecified atom stereocenters. The molecule has 0 saturated carbocycles. The first-order valence-electron chi connectivity index (χ1n) is 10.1. The summed E-state index contributed by atoms with van der Waals surface area (Å²) in [5.41, 5.74) is 1.87. The molecule has 1 atom stereocenters. The molecule has 7 nitrogen and oxygen atoms in total. The molecule has 2 aromatic carbocycles. The second-order valence-electron chi connectivity index (χ2n) is 7.09. The van der Waals surface area contributed by atoms with Gasteiger partial charge in [0, 0.05) is 30.5 Å². The molecule has 1 aliphatic heterocycles. The Balaban J connectivity index is 1.29. The number of rotatable bonds is 8. The van der Waals surface area contributed by atoms with Crippen LogP contribution in [0.15, 0.2) is 65.0 Å². The second-order valence-corrected chi connectivity index (χ2v) is 9.34. The molecule has 9 heteroatoms. The van der Waals surface area contributed by atoms with Crippen molar-refractivity contribution < 1.29 is 14.3 Å². The van der Waals surface area contributed by atoms with E-state index in [9.17, 15) is 9.59 Å². The molecule has 1 saturated heterocycles. The van der Waals surface area contributed by atoms with Crippen molar-refractivity contribution in [3.63, 3.8) is 0 Å². The number of ether oxygens (including phenoxy) is 1. The Labute approximate surface area is 194 Å². The number of benzene rings is 2. The van der Waals surface area contributed by atoms with Gasteiger partial charge in [0.15, 0.2) is 4.34 Å². The van der Waals surface area contributed by atoms with E-state index in [-0.39, 0.29) is 18.2 Å². The second kappa shape index (κ2) is 10.4. The van der Waals surface area contributed by atoms with E-state index >= 15 is 0 Å². The first kappa shape index (κ1) is 22.0. The largest absolute Gasteiger partial charge is 0.497 e. The lowest BCUT2D eigenvalue weighted by Crippen LogP contribution is -2.28. The van der Waals surface area contributed by atoms with Gasteiger partial charge in [0.05, 0.1) is 13.0 Å². The fourth-order valence-electron chi connectivity index (χ4n) is 3.30. The van der Waals surface area contributed by atoms with Gasteiger partial charge in [0.1, 0.15) is 5.75 Å². The summed E-state index contributed by atoms with van der Waals surface area (Å²) >= 11 is 2.88. The lowest BCUT2D eigenvalue weighted by molar-refractivity contribution is -0.122. The highest BCUT2D eigenvalue weighted by Gasteiger charge is 2.35. The summed E-state index contributed by atoms with van der Waals surface area (Å²) in [5, 5.41) is 11.4. The molecule has 2 amide bonds. The zero-order valence-corrected chi connectivity index (χ0v) is 19.1. The fraction of sp³-hybridized carbons (Fsp3) is 0.217. The smallest absolute Gasteiger partial charge is 0.231 e. The van der Waals surface area contributed by atoms with Crippen molar-refractivity contribution in [3.05, 3.63) is 66.2 Å². The van der Waals surface area contributed by atoms with E-state index in [4.69, 9.17) is 4.74 Å². The van der Waals surface area contributed by atoms with Crippen LogP contribution in [0, 0.1) is 5.92 Å². The minimum absolute atomic E-state index is 0.0860. The third-order valence-corrected chi connectivity index (χ3v) is 6.83. The third-order valence-electron chi connectivity index (χ3n) is 4.91. The number of nitrogens with one attached hydrogen (secondary N) is 1. The highest BCUT2D eigenvalue weighted by Crippen LogP contribution is 2.30. The van der Waals surface area contributed by atoms with Crippen molar-refractivity contribution in [2.45, 2.75) is 10.8 Å². The maximum absolute atomic E-state index is 12.7. The van der Waals surface area contributed by atoms with E-state index < -0.39 is 5.92 Å². The van der Waals surface area contributed by atoms with Crippen LogP contribution in [0.4, 0.5) is 10.8 Å². The summed E-state index contributed by atoms with van der Waals surface area (Å²) in [4.78, 5) is 26.8. The lowest BCUT2D eigenvalue weighted by atomic mass is 10.1. The normalized spacial score (nSPS) is 16.0. The first-order chi connectivity index (χ1) is 15.6. The number of aromatic nitrogens is 2. The predicted molar refractivity (Wildman–Crippen MR) is 128 cm³/mol. The Morgan fingerprint density at radius 3 is 2.91 bits per heavy atom. The van der Waals surface area contributed by atoms with Gasteiger partial charge in [-0.25, -0.2) is 0 Å². The monoisotopic (exact) mass is 466 g/mol. The number of hydrogen-bond acceptors (Lipinski definition) is 7. The van der Waals surface area contributed by atoms with Crippen LogP contribution in [-0.2, 0) is 9.59 Å². The molecule has 0 bridgehead atoms. The van der Waals surface area contributed by atoms with Gasteiger partial charge in [-0.15, -0.1) is 10.2 Å². The molecule has 32 heavy (non-hydrogen) atoms. The first-order valence-corrected chi connectivity index (χ1v) is 11.9. The number of thioether (sulfide) groups is 1. The van der Waals surface area contributed by atoms with Crippen LogP contribution >= 0.6 is 23.1 Å². The molecule has 0 spiro atoms. The van der Waals surface area contributed by atoms with E-state index in [2.05, 4.69) is 27.7 Å². The number of amides is 2. The van der Waals surface area contributed by atoms with Crippen LogP contribution in [-0.4, -0.2) is 41.4 Å². The Morgan fingerprint density at radius 2 is 2.09 bits per heavy atom. The van der Waals surface area contributed by atoms with E-state index in [1.165, 1.54) is 11.3 Å². The number of nitrogens with zero attached hydrogens (tertiary/aromatic N) is 3. The average Bonchev–Trinajstić information content (AvgIpc) is 3.43. The molecule has 1 aromatic heterocycles. The Morgan fingerprint density at radius 1 is 1.25 bits per heavy atom. The zero-order valence-electron chi connectivity index (χ0n) is 17.4. The maximum atomic E-state index is 12.7. The van der Waals surface area contributed by atoms with Crippen molar-refractivity contribution in [3.8, 4) is 5.75 Å². The minimum Gasteiger partial charge on any atom is -0.497 e. The molecular formula is C23H22N4O3S2. The Hall–Kier alpha value is -3.17. The zero-order chi connectivity index (χ0) is 22.3. The summed E-state index contributed by atoms with van der Waals surface area (Å²) in [6, 6.07) is 17.3. The molecule has 164 valence electrons. The number of methoxy groups -OCH3 is 1. The van der Waals surface area contributed by atoms with Crippen LogP contribution in [0.3, 0.4) is 0 Å². The van der Waals surface area contributed by atoms with Gasteiger partial charge in [0.25, 0.3) is 0 Å². The standard InChI is InChI=1S/C23H22N4O3S2/c1-30-19-11-5-10-18(14-19)27-15-17(13-20(27)28)21(29)24-22-25-26-23(32-22)31-12-6-9-16-7-3-2-4-8-16/h2-11,14,17H,12-13,15H2,1H3,(H,24,25,29)/b9-6+. The van der Waals surface area contributed by atoms with E-state index in [1.54, 1.807) is 29.8 Å². The third kappa shape index (κ3) is 5.54.